The highest BCUT2D eigenvalue weighted by Crippen LogP contribution is 2.12. The van der Waals surface area contributed by atoms with Crippen molar-refractivity contribution in [3.8, 4) is 5.75 Å². The number of primary amides is 1. The largest absolute Gasteiger partial charge is 0.497 e. The molecule has 0 aliphatic carbocycles. The summed E-state index contributed by atoms with van der Waals surface area (Å²) in [6, 6.07) is 6.12. The Hall–Kier alpha value is -2.08. The zero-order chi connectivity index (χ0) is 13.5. The third-order valence-electron chi connectivity index (χ3n) is 2.39. The Balaban J connectivity index is 2.48. The van der Waals surface area contributed by atoms with Crippen LogP contribution in [0.2, 0.25) is 0 Å². The number of hydrogen-bond acceptors (Lipinski definition) is 4. The van der Waals surface area contributed by atoms with E-state index >= 15 is 0 Å². The van der Waals surface area contributed by atoms with Gasteiger partial charge in [0.05, 0.1) is 13.2 Å². The Bertz CT molecular complexity index is 434. The normalized spacial score (nSPS) is 11.7. The molecule has 1 atom stereocenters. The lowest BCUT2D eigenvalue weighted by Crippen LogP contribution is -2.46. The molecule has 1 aromatic carbocycles. The van der Waals surface area contributed by atoms with Crippen LogP contribution in [0.3, 0.4) is 0 Å². The molecule has 0 saturated carbocycles. The van der Waals surface area contributed by atoms with Crippen LogP contribution in [0.25, 0.3) is 0 Å². The molecule has 3 amide bonds. The average molecular weight is 251 g/mol. The van der Waals surface area contributed by atoms with Crippen LogP contribution in [0.15, 0.2) is 24.3 Å². The number of nitrogens with one attached hydrogen (secondary N) is 2. The zero-order valence-electron chi connectivity index (χ0n) is 10.4. The maximum atomic E-state index is 11.4. The van der Waals surface area contributed by atoms with E-state index in [-0.39, 0.29) is 0 Å². The van der Waals surface area contributed by atoms with E-state index in [0.717, 1.165) is 11.3 Å². The second kappa shape index (κ2) is 6.61. The van der Waals surface area contributed by atoms with Crippen molar-refractivity contribution in [1.82, 2.24) is 10.6 Å². The highest BCUT2D eigenvalue weighted by molar-refractivity contribution is 5.96. The number of methoxy groups -OCH3 is 1. The van der Waals surface area contributed by atoms with Crippen molar-refractivity contribution in [3.63, 3.8) is 0 Å². The van der Waals surface area contributed by atoms with Gasteiger partial charge >= 0.3 is 6.03 Å². The van der Waals surface area contributed by atoms with E-state index in [2.05, 4.69) is 5.32 Å². The molecule has 18 heavy (non-hydrogen) atoms. The molecular weight excluding hydrogens is 234 g/mol. The molecule has 98 valence electrons. The van der Waals surface area contributed by atoms with E-state index in [4.69, 9.17) is 10.5 Å². The van der Waals surface area contributed by atoms with Crippen LogP contribution in [0, 0.1) is 0 Å². The topological polar surface area (TPSA) is 93.4 Å². The molecule has 0 radical (unpaired) electrons. The summed E-state index contributed by atoms with van der Waals surface area (Å²) >= 11 is 0. The third kappa shape index (κ3) is 4.42. The lowest BCUT2D eigenvalue weighted by Gasteiger charge is -2.12. The van der Waals surface area contributed by atoms with Crippen LogP contribution in [0.1, 0.15) is 12.5 Å². The summed E-state index contributed by atoms with van der Waals surface area (Å²) < 4.78 is 5.09. The van der Waals surface area contributed by atoms with Crippen LogP contribution in [0.4, 0.5) is 4.79 Å². The van der Waals surface area contributed by atoms with Gasteiger partial charge in [-0.05, 0) is 24.6 Å². The minimum atomic E-state index is -0.852. The summed E-state index contributed by atoms with van der Waals surface area (Å²) in [5.41, 5.74) is 5.84. The predicted octanol–water partition coefficient (Wildman–Crippen LogP) is 0.368. The Morgan fingerprint density at radius 1 is 1.44 bits per heavy atom. The minimum Gasteiger partial charge on any atom is -0.497 e. The number of hydrogen-bond donors (Lipinski definition) is 3. The molecule has 6 nitrogen and oxygen atoms in total. The van der Waals surface area contributed by atoms with E-state index in [1.807, 2.05) is 29.6 Å². The first-order valence-corrected chi connectivity index (χ1v) is 5.49. The molecule has 4 N–H and O–H groups in total. The van der Waals surface area contributed by atoms with Crippen molar-refractivity contribution < 1.29 is 14.3 Å². The van der Waals surface area contributed by atoms with Crippen molar-refractivity contribution in [2.75, 3.05) is 7.11 Å². The average Bonchev–Trinajstić information content (AvgIpc) is 2.35. The second-order valence-corrected chi connectivity index (χ2v) is 3.81. The highest BCUT2D eigenvalue weighted by atomic mass is 16.5. The number of ether oxygens (including phenoxy) is 1. The van der Waals surface area contributed by atoms with Crippen molar-refractivity contribution in [3.05, 3.63) is 29.8 Å². The third-order valence-corrected chi connectivity index (χ3v) is 2.39. The Kier molecular flexibility index (Phi) is 5.13. The first-order chi connectivity index (χ1) is 8.52. The van der Waals surface area contributed by atoms with Crippen LogP contribution in [-0.2, 0) is 11.3 Å². The van der Waals surface area contributed by atoms with Gasteiger partial charge in [-0.15, -0.1) is 0 Å². The molecule has 1 rings (SSSR count). The monoisotopic (exact) mass is 251 g/mol. The van der Waals surface area contributed by atoms with Crippen LogP contribution < -0.4 is 21.1 Å². The van der Waals surface area contributed by atoms with Gasteiger partial charge in [0.1, 0.15) is 5.75 Å². The molecule has 6 heteroatoms. The number of nitrogens with two attached hydrogens (primary N) is 1. The Morgan fingerprint density at radius 3 is 2.78 bits per heavy atom. The summed E-state index contributed by atoms with van der Waals surface area (Å²) in [5.74, 6) is 0.300. The molecule has 0 bridgehead atoms. The van der Waals surface area contributed by atoms with Gasteiger partial charge < -0.3 is 15.8 Å². The van der Waals surface area contributed by atoms with E-state index < -0.39 is 18.0 Å². The van der Waals surface area contributed by atoms with E-state index in [1.165, 1.54) is 0 Å². The maximum Gasteiger partial charge on any atom is 0.318 e. The van der Waals surface area contributed by atoms with Gasteiger partial charge in [-0.1, -0.05) is 12.1 Å². The van der Waals surface area contributed by atoms with Crippen LogP contribution >= 0.6 is 0 Å². The Morgan fingerprint density at radius 2 is 2.17 bits per heavy atom. The van der Waals surface area contributed by atoms with Gasteiger partial charge in [-0.25, -0.2) is 4.79 Å². The number of imide groups is 1. The number of benzene rings is 1. The van der Waals surface area contributed by atoms with Gasteiger partial charge in [0, 0.05) is 6.54 Å². The summed E-state index contributed by atoms with van der Waals surface area (Å²) in [4.78, 5) is 21.9. The number of urea groups is 1. The van der Waals surface area contributed by atoms with E-state index in [1.54, 1.807) is 14.0 Å². The standard InChI is InChI=1S/C12H17N3O3/c1-8(11(16)15-12(13)17)14-7-9-4-3-5-10(6-9)18-2/h3-6,8,14H,7H2,1-2H3,(H3,13,15,16,17). The summed E-state index contributed by atoms with van der Waals surface area (Å²) in [6.45, 7) is 2.14. The smallest absolute Gasteiger partial charge is 0.318 e. The molecule has 0 aromatic heterocycles. The highest BCUT2D eigenvalue weighted by Gasteiger charge is 2.13. The first-order valence-electron chi connectivity index (χ1n) is 5.49. The quantitative estimate of drug-likeness (QED) is 0.704. The summed E-state index contributed by atoms with van der Waals surface area (Å²) in [7, 11) is 1.59. The van der Waals surface area contributed by atoms with Crippen molar-refractivity contribution in [1.29, 1.82) is 0 Å². The van der Waals surface area contributed by atoms with Crippen LogP contribution in [-0.4, -0.2) is 25.1 Å². The first kappa shape index (κ1) is 14.0. The van der Waals surface area contributed by atoms with Gasteiger partial charge in [-0.2, -0.15) is 0 Å². The van der Waals surface area contributed by atoms with Gasteiger partial charge in [0.15, 0.2) is 0 Å². The van der Waals surface area contributed by atoms with E-state index in [9.17, 15) is 9.59 Å². The van der Waals surface area contributed by atoms with Crippen molar-refractivity contribution in [2.45, 2.75) is 19.5 Å². The minimum absolute atomic E-state index is 0.453. The number of amides is 3. The zero-order valence-corrected chi connectivity index (χ0v) is 10.4. The van der Waals surface area contributed by atoms with Gasteiger partial charge in [0.25, 0.3) is 0 Å². The molecule has 0 fully saturated rings. The number of carbonyl (C=O) groups is 2. The molecule has 1 aromatic rings. The van der Waals surface area contributed by atoms with Gasteiger partial charge in [-0.3, -0.25) is 10.1 Å². The molecule has 0 spiro atoms. The fraction of sp³-hybridized carbons (Fsp3) is 0.333. The number of rotatable bonds is 5. The lowest BCUT2D eigenvalue weighted by molar-refractivity contribution is -0.121. The molecule has 1 unspecified atom stereocenters. The molecule has 0 aliphatic rings. The number of carbonyl (C=O) groups excluding carboxylic acids is 2. The Labute approximate surface area is 105 Å². The van der Waals surface area contributed by atoms with Crippen molar-refractivity contribution >= 4 is 11.9 Å². The fourth-order valence-electron chi connectivity index (χ4n) is 1.38. The maximum absolute atomic E-state index is 11.4. The molecule has 0 aliphatic heterocycles. The summed E-state index contributed by atoms with van der Waals surface area (Å²) in [5, 5.41) is 4.99. The fourth-order valence-corrected chi connectivity index (χ4v) is 1.38. The SMILES string of the molecule is COc1cccc(CNC(C)C(=O)NC(N)=O)c1. The molecule has 0 saturated heterocycles. The van der Waals surface area contributed by atoms with Crippen LogP contribution in [0.5, 0.6) is 5.75 Å². The van der Waals surface area contributed by atoms with Crippen molar-refractivity contribution in [2.24, 2.45) is 5.73 Å². The summed E-state index contributed by atoms with van der Waals surface area (Å²) in [6.07, 6.45) is 0. The molecule has 0 heterocycles. The lowest BCUT2D eigenvalue weighted by atomic mass is 10.2. The predicted molar refractivity (Wildman–Crippen MR) is 67.0 cm³/mol. The van der Waals surface area contributed by atoms with Gasteiger partial charge in [0.2, 0.25) is 5.91 Å². The molecular formula is C12H17N3O3. The van der Waals surface area contributed by atoms with E-state index in [0.29, 0.717) is 6.54 Å². The second-order valence-electron chi connectivity index (χ2n) is 3.81.